The summed E-state index contributed by atoms with van der Waals surface area (Å²) in [7, 11) is 2.00. The van der Waals surface area contributed by atoms with Crippen LogP contribution < -0.4 is 9.80 Å². The third-order valence-electron chi connectivity index (χ3n) is 5.38. The Morgan fingerprint density at radius 2 is 1.67 bits per heavy atom. The molecule has 1 aliphatic heterocycles. The van der Waals surface area contributed by atoms with Gasteiger partial charge in [0.25, 0.3) is 5.91 Å². The Labute approximate surface area is 174 Å². The van der Waals surface area contributed by atoms with E-state index in [-0.39, 0.29) is 5.91 Å². The van der Waals surface area contributed by atoms with Crippen LogP contribution in [0.1, 0.15) is 22.3 Å². The number of para-hydroxylation sites is 2. The molecule has 0 fully saturated rings. The molecule has 0 saturated carbocycles. The van der Waals surface area contributed by atoms with Gasteiger partial charge in [-0.2, -0.15) is 5.10 Å². The summed E-state index contributed by atoms with van der Waals surface area (Å²) in [5, 5.41) is 4.23. The van der Waals surface area contributed by atoms with Gasteiger partial charge in [0, 0.05) is 38.1 Å². The second-order valence-electron chi connectivity index (χ2n) is 7.49. The number of carbonyl (C=O) groups excluding carboxylic acids is 1. The second kappa shape index (κ2) is 7.59. The number of hydrogen-bond acceptors (Lipinski definition) is 5. The molecule has 0 N–H and O–H groups in total. The molecule has 150 valence electrons. The molecule has 0 radical (unpaired) electrons. The molecule has 2 aromatic heterocycles. The first-order valence-corrected chi connectivity index (χ1v) is 10.1. The monoisotopic (exact) mass is 398 g/mol. The average Bonchev–Trinajstić information content (AvgIpc) is 3.23. The summed E-state index contributed by atoms with van der Waals surface area (Å²) >= 11 is 0. The number of fused-ring (bicyclic) bond motifs is 2. The molecule has 1 amide bonds. The third kappa shape index (κ3) is 3.39. The summed E-state index contributed by atoms with van der Waals surface area (Å²) in [6, 6.07) is 17.4. The first kappa shape index (κ1) is 18.3. The van der Waals surface area contributed by atoms with Crippen LogP contribution in [0.3, 0.4) is 0 Å². The van der Waals surface area contributed by atoms with Crippen LogP contribution in [0.25, 0.3) is 11.0 Å². The van der Waals surface area contributed by atoms with Crippen LogP contribution in [-0.4, -0.2) is 45.8 Å². The van der Waals surface area contributed by atoms with Gasteiger partial charge in [-0.1, -0.05) is 24.3 Å². The van der Waals surface area contributed by atoms with E-state index < -0.39 is 0 Å². The molecule has 7 nitrogen and oxygen atoms in total. The third-order valence-corrected chi connectivity index (χ3v) is 5.38. The van der Waals surface area contributed by atoms with Crippen LogP contribution in [0.5, 0.6) is 0 Å². The lowest BCUT2D eigenvalue weighted by molar-refractivity contribution is 0.0986. The minimum Gasteiger partial charge on any atom is -0.357 e. The standard InChI is InChI=1S/C23H22N6O/c1-27-13-5-15-29(22-21(27)25-19-6-2-3-7-20(19)26-22)23(30)18-10-8-17(9-11-18)16-28-14-4-12-24-28/h2-4,6-12,14H,5,13,15-16H2,1H3. The maximum absolute atomic E-state index is 13.4. The number of rotatable bonds is 3. The molecule has 2 aromatic carbocycles. The van der Waals surface area contributed by atoms with E-state index in [0.29, 0.717) is 24.5 Å². The predicted octanol–water partition coefficient (Wildman–Crippen LogP) is 3.36. The van der Waals surface area contributed by atoms with E-state index in [0.717, 1.165) is 35.4 Å². The summed E-state index contributed by atoms with van der Waals surface area (Å²) in [6.45, 7) is 2.11. The van der Waals surface area contributed by atoms with Crippen molar-refractivity contribution in [1.29, 1.82) is 0 Å². The first-order chi connectivity index (χ1) is 14.7. The molecule has 0 saturated heterocycles. The van der Waals surface area contributed by atoms with Gasteiger partial charge < -0.3 is 4.90 Å². The Kier molecular flexibility index (Phi) is 4.63. The van der Waals surface area contributed by atoms with Gasteiger partial charge in [-0.15, -0.1) is 0 Å². The van der Waals surface area contributed by atoms with Gasteiger partial charge in [0.2, 0.25) is 0 Å². The van der Waals surface area contributed by atoms with Crippen molar-refractivity contribution in [3.05, 3.63) is 78.1 Å². The van der Waals surface area contributed by atoms with Crippen LogP contribution >= 0.6 is 0 Å². The fraction of sp³-hybridized carbons (Fsp3) is 0.217. The molecule has 3 heterocycles. The lowest BCUT2D eigenvalue weighted by atomic mass is 10.1. The minimum atomic E-state index is -0.0539. The zero-order valence-corrected chi connectivity index (χ0v) is 16.8. The summed E-state index contributed by atoms with van der Waals surface area (Å²) in [5.41, 5.74) is 3.36. The molecule has 0 unspecified atom stereocenters. The summed E-state index contributed by atoms with van der Waals surface area (Å²) in [4.78, 5) is 26.9. The summed E-state index contributed by atoms with van der Waals surface area (Å²) in [5.74, 6) is 1.32. The van der Waals surface area contributed by atoms with Crippen molar-refractivity contribution in [1.82, 2.24) is 19.7 Å². The predicted molar refractivity (Wildman–Crippen MR) is 117 cm³/mol. The number of amides is 1. The molecular formula is C23H22N6O. The van der Waals surface area contributed by atoms with Gasteiger partial charge in [-0.05, 0) is 42.3 Å². The normalized spacial score (nSPS) is 13.9. The number of benzene rings is 2. The second-order valence-corrected chi connectivity index (χ2v) is 7.49. The van der Waals surface area contributed by atoms with Gasteiger partial charge >= 0.3 is 0 Å². The van der Waals surface area contributed by atoms with Gasteiger partial charge in [0.05, 0.1) is 17.6 Å². The van der Waals surface area contributed by atoms with Crippen LogP contribution in [0, 0.1) is 0 Å². The van der Waals surface area contributed by atoms with Gasteiger partial charge in [-0.25, -0.2) is 9.97 Å². The van der Waals surface area contributed by atoms with E-state index in [1.807, 2.05) is 72.5 Å². The SMILES string of the molecule is CN1CCCN(C(=O)c2ccc(Cn3cccn3)cc2)c2nc3ccccc3nc21. The van der Waals surface area contributed by atoms with E-state index in [1.54, 1.807) is 11.1 Å². The molecule has 4 aromatic rings. The van der Waals surface area contributed by atoms with Crippen LogP contribution in [-0.2, 0) is 6.54 Å². The van der Waals surface area contributed by atoms with Crippen LogP contribution in [0.4, 0.5) is 11.6 Å². The van der Waals surface area contributed by atoms with E-state index in [2.05, 4.69) is 10.00 Å². The number of nitrogens with zero attached hydrogens (tertiary/aromatic N) is 6. The van der Waals surface area contributed by atoms with E-state index in [9.17, 15) is 4.79 Å². The molecule has 0 spiro atoms. The molecule has 5 rings (SSSR count). The molecule has 0 aliphatic carbocycles. The fourth-order valence-corrected chi connectivity index (χ4v) is 3.78. The average molecular weight is 398 g/mol. The van der Waals surface area contributed by atoms with Crippen molar-refractivity contribution in [2.24, 2.45) is 0 Å². The summed E-state index contributed by atoms with van der Waals surface area (Å²) < 4.78 is 1.86. The Morgan fingerprint density at radius 1 is 0.933 bits per heavy atom. The topological polar surface area (TPSA) is 67.2 Å². The zero-order chi connectivity index (χ0) is 20.5. The van der Waals surface area contributed by atoms with Crippen molar-refractivity contribution >= 4 is 28.6 Å². The smallest absolute Gasteiger partial charge is 0.259 e. The quantitative estimate of drug-likeness (QED) is 0.529. The highest BCUT2D eigenvalue weighted by Gasteiger charge is 2.27. The molecule has 0 bridgehead atoms. The molecule has 30 heavy (non-hydrogen) atoms. The van der Waals surface area contributed by atoms with Crippen LogP contribution in [0.2, 0.25) is 0 Å². The Bertz CT molecular complexity index is 1190. The van der Waals surface area contributed by atoms with E-state index >= 15 is 0 Å². The fourth-order valence-electron chi connectivity index (χ4n) is 3.78. The maximum atomic E-state index is 13.4. The zero-order valence-electron chi connectivity index (χ0n) is 16.8. The van der Waals surface area contributed by atoms with Crippen molar-refractivity contribution in [2.75, 3.05) is 29.9 Å². The van der Waals surface area contributed by atoms with E-state index in [1.165, 1.54) is 0 Å². The molecule has 1 aliphatic rings. The molecule has 0 atom stereocenters. The highest BCUT2D eigenvalue weighted by molar-refractivity contribution is 6.07. The first-order valence-electron chi connectivity index (χ1n) is 10.1. The van der Waals surface area contributed by atoms with Gasteiger partial charge in [-0.3, -0.25) is 14.4 Å². The number of hydrogen-bond donors (Lipinski definition) is 0. The highest BCUT2D eigenvalue weighted by atomic mass is 16.2. The van der Waals surface area contributed by atoms with Gasteiger partial charge in [0.1, 0.15) is 0 Å². The van der Waals surface area contributed by atoms with E-state index in [4.69, 9.17) is 9.97 Å². The lowest BCUT2D eigenvalue weighted by Gasteiger charge is -2.23. The van der Waals surface area contributed by atoms with Crippen LogP contribution in [0.15, 0.2) is 67.0 Å². The Balaban J connectivity index is 1.48. The van der Waals surface area contributed by atoms with Crippen molar-refractivity contribution in [3.8, 4) is 0 Å². The lowest BCUT2D eigenvalue weighted by Crippen LogP contribution is -2.32. The van der Waals surface area contributed by atoms with Crippen molar-refractivity contribution < 1.29 is 4.79 Å². The molecular weight excluding hydrogens is 376 g/mol. The largest absolute Gasteiger partial charge is 0.357 e. The van der Waals surface area contributed by atoms with Crippen molar-refractivity contribution in [3.63, 3.8) is 0 Å². The Morgan fingerprint density at radius 3 is 2.37 bits per heavy atom. The number of carbonyl (C=O) groups is 1. The summed E-state index contributed by atoms with van der Waals surface area (Å²) in [6.07, 6.45) is 4.54. The highest BCUT2D eigenvalue weighted by Crippen LogP contribution is 2.31. The Hall–Kier alpha value is -3.74. The molecule has 7 heteroatoms. The minimum absolute atomic E-state index is 0.0539. The number of aromatic nitrogens is 4. The maximum Gasteiger partial charge on any atom is 0.259 e. The van der Waals surface area contributed by atoms with Crippen molar-refractivity contribution in [2.45, 2.75) is 13.0 Å². The number of anilines is 2. The van der Waals surface area contributed by atoms with Gasteiger partial charge in [0.15, 0.2) is 11.6 Å².